The number of nitrogens with one attached hydrogen (secondary N) is 2. The van der Waals surface area contributed by atoms with E-state index in [4.69, 9.17) is 0 Å². The van der Waals surface area contributed by atoms with E-state index in [1.54, 1.807) is 0 Å². The number of carbonyl (C=O) groups excluding carboxylic acids is 2. The molecular weight excluding hydrogens is 428 g/mol. The van der Waals surface area contributed by atoms with Gasteiger partial charge in [0.25, 0.3) is 11.8 Å². The molecule has 172 valence electrons. The fourth-order valence-corrected chi connectivity index (χ4v) is 3.23. The molecule has 3 aromatic carbocycles. The second-order valence-electron chi connectivity index (χ2n) is 7.68. The fourth-order valence-electron chi connectivity index (χ4n) is 3.23. The average molecular weight is 453 g/mol. The predicted molar refractivity (Wildman–Crippen MR) is 122 cm³/mol. The van der Waals surface area contributed by atoms with Crippen LogP contribution in [0.15, 0.2) is 60.7 Å². The number of halogens is 2. The molecule has 33 heavy (non-hydrogen) atoms. The van der Waals surface area contributed by atoms with Crippen molar-refractivity contribution in [3.05, 3.63) is 94.6 Å². The average Bonchev–Trinajstić information content (AvgIpc) is 2.77. The maximum Gasteiger partial charge on any atom is 0.255 e. The zero-order valence-corrected chi connectivity index (χ0v) is 18.4. The summed E-state index contributed by atoms with van der Waals surface area (Å²) in [5.41, 5.74) is 2.06. The summed E-state index contributed by atoms with van der Waals surface area (Å²) in [5.74, 6) is -3.32. The van der Waals surface area contributed by atoms with Crippen molar-refractivity contribution in [1.82, 2.24) is 10.2 Å². The van der Waals surface area contributed by atoms with E-state index in [2.05, 4.69) is 22.5 Å². The number of phenols is 1. The molecule has 0 atom stereocenters. The van der Waals surface area contributed by atoms with E-state index < -0.39 is 23.4 Å². The van der Waals surface area contributed by atoms with Crippen LogP contribution in [0.4, 0.5) is 14.5 Å². The maximum atomic E-state index is 13.3. The Morgan fingerprint density at radius 2 is 1.64 bits per heavy atom. The van der Waals surface area contributed by atoms with E-state index in [1.807, 2.05) is 31.3 Å². The number of carbonyl (C=O) groups is 2. The van der Waals surface area contributed by atoms with Crippen molar-refractivity contribution < 1.29 is 23.5 Å². The van der Waals surface area contributed by atoms with Gasteiger partial charge in [-0.2, -0.15) is 0 Å². The van der Waals surface area contributed by atoms with Crippen molar-refractivity contribution in [3.8, 4) is 5.75 Å². The molecule has 0 saturated heterocycles. The van der Waals surface area contributed by atoms with Gasteiger partial charge in [-0.25, -0.2) is 8.78 Å². The van der Waals surface area contributed by atoms with E-state index in [0.29, 0.717) is 6.07 Å². The lowest BCUT2D eigenvalue weighted by Gasteiger charge is -2.14. The van der Waals surface area contributed by atoms with Crippen LogP contribution in [0.5, 0.6) is 5.75 Å². The molecule has 0 spiro atoms. The summed E-state index contributed by atoms with van der Waals surface area (Å²) < 4.78 is 26.6. The Morgan fingerprint density at radius 3 is 2.30 bits per heavy atom. The lowest BCUT2D eigenvalue weighted by Crippen LogP contribution is -2.23. The summed E-state index contributed by atoms with van der Waals surface area (Å²) in [6.45, 7) is 4.09. The number of hydrogen-bond acceptors (Lipinski definition) is 4. The highest BCUT2D eigenvalue weighted by atomic mass is 19.1. The molecular formula is C25H25F2N3O3. The van der Waals surface area contributed by atoms with Gasteiger partial charge in [0.1, 0.15) is 17.4 Å². The minimum atomic E-state index is -0.877. The van der Waals surface area contributed by atoms with Crippen LogP contribution in [-0.4, -0.2) is 35.4 Å². The molecule has 0 heterocycles. The van der Waals surface area contributed by atoms with Crippen molar-refractivity contribution in [1.29, 1.82) is 0 Å². The molecule has 0 bridgehead atoms. The van der Waals surface area contributed by atoms with E-state index in [9.17, 15) is 23.5 Å². The van der Waals surface area contributed by atoms with E-state index >= 15 is 0 Å². The minimum Gasteiger partial charge on any atom is -0.507 e. The molecule has 0 unspecified atom stereocenters. The molecule has 3 aromatic rings. The van der Waals surface area contributed by atoms with Crippen LogP contribution in [0.2, 0.25) is 0 Å². The van der Waals surface area contributed by atoms with Gasteiger partial charge in [-0.05, 0) is 49.0 Å². The van der Waals surface area contributed by atoms with Crippen molar-refractivity contribution in [2.45, 2.75) is 20.0 Å². The standard InChI is InChI=1S/C25H25F2N3O3/c1-3-30(2)15-17-6-4-5-16(9-17)14-28-25(33)22-8-7-21(13-23(22)31)29-24(32)18-10-19(26)12-20(27)11-18/h4-13,31H,3,14-15H2,1-2H3,(H,28,33)(H,29,32). The third-order valence-electron chi connectivity index (χ3n) is 5.06. The second kappa shape index (κ2) is 10.7. The number of amides is 2. The van der Waals surface area contributed by atoms with Crippen molar-refractivity contribution in [2.24, 2.45) is 0 Å². The quantitative estimate of drug-likeness (QED) is 0.475. The fraction of sp³-hybridized carbons (Fsp3) is 0.200. The highest BCUT2D eigenvalue weighted by Gasteiger charge is 2.14. The molecule has 0 saturated carbocycles. The molecule has 3 rings (SSSR count). The minimum absolute atomic E-state index is 0.0340. The Morgan fingerprint density at radius 1 is 0.939 bits per heavy atom. The van der Waals surface area contributed by atoms with E-state index in [-0.39, 0.29) is 29.1 Å². The van der Waals surface area contributed by atoms with Gasteiger partial charge in [-0.15, -0.1) is 0 Å². The molecule has 6 nitrogen and oxygen atoms in total. The SMILES string of the molecule is CCN(C)Cc1cccc(CNC(=O)c2ccc(NC(=O)c3cc(F)cc(F)c3)cc2O)c1. The van der Waals surface area contributed by atoms with Gasteiger partial charge < -0.3 is 20.6 Å². The van der Waals surface area contributed by atoms with Gasteiger partial charge in [0.15, 0.2) is 0 Å². The summed E-state index contributed by atoms with van der Waals surface area (Å²) in [6.07, 6.45) is 0. The zero-order valence-electron chi connectivity index (χ0n) is 18.4. The van der Waals surface area contributed by atoms with Crippen LogP contribution < -0.4 is 10.6 Å². The first kappa shape index (κ1) is 23.9. The number of aromatic hydroxyl groups is 1. The summed E-state index contributed by atoms with van der Waals surface area (Å²) in [4.78, 5) is 26.9. The van der Waals surface area contributed by atoms with Crippen LogP contribution in [-0.2, 0) is 13.1 Å². The first-order valence-corrected chi connectivity index (χ1v) is 10.4. The summed E-state index contributed by atoms with van der Waals surface area (Å²) in [7, 11) is 2.03. The summed E-state index contributed by atoms with van der Waals surface area (Å²) in [5, 5.41) is 15.5. The predicted octanol–water partition coefficient (Wildman–Crippen LogP) is 4.30. The number of rotatable bonds is 8. The number of hydrogen-bond donors (Lipinski definition) is 3. The van der Waals surface area contributed by atoms with Gasteiger partial charge in [-0.1, -0.05) is 31.2 Å². The normalized spacial score (nSPS) is 10.8. The van der Waals surface area contributed by atoms with Crippen molar-refractivity contribution in [3.63, 3.8) is 0 Å². The highest BCUT2D eigenvalue weighted by Crippen LogP contribution is 2.23. The van der Waals surface area contributed by atoms with Gasteiger partial charge in [-0.3, -0.25) is 9.59 Å². The molecule has 0 aliphatic rings. The van der Waals surface area contributed by atoms with E-state index in [0.717, 1.165) is 36.3 Å². The smallest absolute Gasteiger partial charge is 0.255 e. The third-order valence-corrected chi connectivity index (χ3v) is 5.06. The van der Waals surface area contributed by atoms with Gasteiger partial charge in [0.05, 0.1) is 5.56 Å². The maximum absolute atomic E-state index is 13.3. The summed E-state index contributed by atoms with van der Waals surface area (Å²) >= 11 is 0. The van der Waals surface area contributed by atoms with Crippen LogP contribution in [0, 0.1) is 11.6 Å². The lowest BCUT2D eigenvalue weighted by atomic mass is 10.1. The molecule has 8 heteroatoms. The Hall–Kier alpha value is -3.78. The lowest BCUT2D eigenvalue weighted by molar-refractivity contribution is 0.0947. The van der Waals surface area contributed by atoms with Crippen LogP contribution in [0.25, 0.3) is 0 Å². The number of anilines is 1. The van der Waals surface area contributed by atoms with Crippen LogP contribution >= 0.6 is 0 Å². The number of nitrogens with zero attached hydrogens (tertiary/aromatic N) is 1. The molecule has 0 radical (unpaired) electrons. The molecule has 0 aliphatic carbocycles. The zero-order chi connectivity index (χ0) is 24.0. The van der Waals surface area contributed by atoms with Crippen LogP contribution in [0.1, 0.15) is 38.8 Å². The van der Waals surface area contributed by atoms with Gasteiger partial charge >= 0.3 is 0 Å². The Balaban J connectivity index is 1.63. The molecule has 0 aliphatic heterocycles. The highest BCUT2D eigenvalue weighted by molar-refractivity contribution is 6.05. The van der Waals surface area contributed by atoms with Crippen LogP contribution in [0.3, 0.4) is 0 Å². The van der Waals surface area contributed by atoms with Crippen molar-refractivity contribution in [2.75, 3.05) is 18.9 Å². The largest absolute Gasteiger partial charge is 0.507 e. The Kier molecular flexibility index (Phi) is 7.74. The van der Waals surface area contributed by atoms with Crippen molar-refractivity contribution >= 4 is 17.5 Å². The monoisotopic (exact) mass is 453 g/mol. The third kappa shape index (κ3) is 6.60. The first-order chi connectivity index (χ1) is 15.7. The van der Waals surface area contributed by atoms with Gasteiger partial charge in [0.2, 0.25) is 0 Å². The first-order valence-electron chi connectivity index (χ1n) is 10.4. The molecule has 3 N–H and O–H groups in total. The molecule has 0 aromatic heterocycles. The molecule has 2 amide bonds. The Labute approximate surface area is 190 Å². The molecule has 0 fully saturated rings. The number of benzene rings is 3. The second-order valence-corrected chi connectivity index (χ2v) is 7.68. The summed E-state index contributed by atoms with van der Waals surface area (Å²) in [6, 6.07) is 14.3. The van der Waals surface area contributed by atoms with Gasteiger partial charge in [0, 0.05) is 36.5 Å². The Bertz CT molecular complexity index is 1150. The van der Waals surface area contributed by atoms with E-state index in [1.165, 1.54) is 18.2 Å². The number of phenolic OH excluding ortho intramolecular Hbond substituents is 1. The topological polar surface area (TPSA) is 81.7 Å².